The van der Waals surface area contributed by atoms with Crippen molar-refractivity contribution in [3.63, 3.8) is 0 Å². The van der Waals surface area contributed by atoms with Gasteiger partial charge in [-0.2, -0.15) is 0 Å². The van der Waals surface area contributed by atoms with E-state index in [9.17, 15) is 4.79 Å². The molecular weight excluding hydrogens is 282 g/mol. The van der Waals surface area contributed by atoms with E-state index >= 15 is 0 Å². The van der Waals surface area contributed by atoms with Crippen molar-refractivity contribution in [2.24, 2.45) is 5.92 Å². The molecule has 0 radical (unpaired) electrons. The molecule has 0 aromatic heterocycles. The molecule has 1 aromatic rings. The summed E-state index contributed by atoms with van der Waals surface area (Å²) in [6, 6.07) is 8.10. The lowest BCUT2D eigenvalue weighted by molar-refractivity contribution is -0.140. The molecule has 2 bridgehead atoms. The molecule has 0 N–H and O–H groups in total. The van der Waals surface area contributed by atoms with Gasteiger partial charge in [0.1, 0.15) is 24.7 Å². The fourth-order valence-corrected chi connectivity index (χ4v) is 3.77. The normalized spacial score (nSPS) is 26.3. The molecule has 3 atom stereocenters. The Bertz CT molecular complexity index is 533. The number of carbonyl (C=O) groups excluding carboxylic acids is 1. The highest BCUT2D eigenvalue weighted by Gasteiger charge is 2.48. The van der Waals surface area contributed by atoms with Gasteiger partial charge in [0.25, 0.3) is 0 Å². The van der Waals surface area contributed by atoms with E-state index in [4.69, 9.17) is 14.2 Å². The number of fused-ring (bicyclic) bond motifs is 2. The van der Waals surface area contributed by atoms with Crippen molar-refractivity contribution in [3.05, 3.63) is 24.3 Å². The molecule has 1 saturated heterocycles. The zero-order chi connectivity index (χ0) is 15.5. The topological polar surface area (TPSA) is 48.0 Å². The van der Waals surface area contributed by atoms with Gasteiger partial charge in [-0.1, -0.05) is 6.07 Å². The number of piperidine rings is 1. The summed E-state index contributed by atoms with van der Waals surface area (Å²) >= 11 is 0. The van der Waals surface area contributed by atoms with Crippen molar-refractivity contribution in [3.8, 4) is 11.5 Å². The molecule has 1 aliphatic carbocycles. The molecule has 0 unspecified atom stereocenters. The highest BCUT2D eigenvalue weighted by molar-refractivity contribution is 5.78. The summed E-state index contributed by atoms with van der Waals surface area (Å²) in [4.78, 5) is 14.3. The van der Waals surface area contributed by atoms with Crippen LogP contribution in [0, 0.1) is 5.92 Å². The second-order valence-electron chi connectivity index (χ2n) is 6.02. The molecule has 1 saturated carbocycles. The van der Waals surface area contributed by atoms with Gasteiger partial charge in [0, 0.05) is 19.2 Å². The number of ether oxygens (including phenoxy) is 3. The smallest absolute Gasteiger partial charge is 0.249 e. The van der Waals surface area contributed by atoms with Crippen LogP contribution in [-0.4, -0.2) is 50.3 Å². The van der Waals surface area contributed by atoms with Crippen LogP contribution in [0.25, 0.3) is 0 Å². The first-order valence-electron chi connectivity index (χ1n) is 7.80. The number of nitrogens with zero attached hydrogens (tertiary/aromatic N) is 1. The third kappa shape index (κ3) is 2.90. The van der Waals surface area contributed by atoms with E-state index in [2.05, 4.69) is 0 Å². The predicted octanol–water partition coefficient (Wildman–Crippen LogP) is 2.10. The summed E-state index contributed by atoms with van der Waals surface area (Å²) in [5.74, 6) is 2.18. The summed E-state index contributed by atoms with van der Waals surface area (Å²) in [7, 11) is 3.20. The maximum absolute atomic E-state index is 12.3. The van der Waals surface area contributed by atoms with Gasteiger partial charge in [0.2, 0.25) is 5.91 Å². The number of methoxy groups -OCH3 is 2. The summed E-state index contributed by atoms with van der Waals surface area (Å²) < 4.78 is 16.2. The fraction of sp³-hybridized carbons (Fsp3) is 0.588. The van der Waals surface area contributed by atoms with Crippen LogP contribution in [0.4, 0.5) is 0 Å². The SMILES string of the molecule is COCC(=O)N1[C@@H]2CC[C@H](C2)[C@H]1COc1cccc(OC)c1. The monoisotopic (exact) mass is 305 g/mol. The molecule has 120 valence electrons. The molecule has 2 aliphatic rings. The van der Waals surface area contributed by atoms with Gasteiger partial charge < -0.3 is 19.1 Å². The number of benzene rings is 1. The summed E-state index contributed by atoms with van der Waals surface area (Å²) in [6.45, 7) is 0.683. The number of amides is 1. The Labute approximate surface area is 131 Å². The zero-order valence-electron chi connectivity index (χ0n) is 13.2. The summed E-state index contributed by atoms with van der Waals surface area (Å²) in [5, 5.41) is 0. The average Bonchev–Trinajstić information content (AvgIpc) is 3.14. The van der Waals surface area contributed by atoms with Crippen LogP contribution in [0.2, 0.25) is 0 Å². The Hall–Kier alpha value is -1.75. The van der Waals surface area contributed by atoms with E-state index in [1.165, 1.54) is 6.42 Å². The summed E-state index contributed by atoms with van der Waals surface area (Å²) in [5.41, 5.74) is 0. The number of rotatable bonds is 6. The standard InChI is InChI=1S/C17H23NO4/c1-20-11-17(19)18-13-7-6-12(8-13)16(18)10-22-15-5-3-4-14(9-15)21-2/h3-5,9,12-13,16H,6-8,10-11H2,1-2H3/t12-,13-,16-/m1/s1. The van der Waals surface area contributed by atoms with Crippen molar-refractivity contribution in [2.75, 3.05) is 27.4 Å². The Morgan fingerprint density at radius 2 is 2.09 bits per heavy atom. The lowest BCUT2D eigenvalue weighted by atomic mass is 9.99. The minimum atomic E-state index is 0.0777. The quantitative estimate of drug-likeness (QED) is 0.807. The van der Waals surface area contributed by atoms with Crippen molar-refractivity contribution >= 4 is 5.91 Å². The minimum Gasteiger partial charge on any atom is -0.497 e. The van der Waals surface area contributed by atoms with Crippen molar-refractivity contribution < 1.29 is 19.0 Å². The maximum atomic E-state index is 12.3. The Kier molecular flexibility index (Phi) is 4.52. The number of carbonyl (C=O) groups is 1. The van der Waals surface area contributed by atoms with Gasteiger partial charge in [0.15, 0.2) is 0 Å². The van der Waals surface area contributed by atoms with Gasteiger partial charge >= 0.3 is 0 Å². The van der Waals surface area contributed by atoms with E-state index in [1.54, 1.807) is 14.2 Å². The van der Waals surface area contributed by atoms with Crippen LogP contribution < -0.4 is 9.47 Å². The van der Waals surface area contributed by atoms with Gasteiger partial charge in [-0.05, 0) is 37.3 Å². The van der Waals surface area contributed by atoms with Crippen molar-refractivity contribution in [2.45, 2.75) is 31.3 Å². The number of hydrogen-bond donors (Lipinski definition) is 0. The second-order valence-corrected chi connectivity index (χ2v) is 6.02. The van der Waals surface area contributed by atoms with Gasteiger partial charge in [-0.15, -0.1) is 0 Å². The van der Waals surface area contributed by atoms with Crippen molar-refractivity contribution in [1.82, 2.24) is 4.90 Å². The van der Waals surface area contributed by atoms with E-state index in [0.717, 1.165) is 24.3 Å². The Balaban J connectivity index is 1.66. The lowest BCUT2D eigenvalue weighted by Crippen LogP contribution is -2.49. The molecule has 5 heteroatoms. The first-order chi connectivity index (χ1) is 10.7. The van der Waals surface area contributed by atoms with E-state index in [1.807, 2.05) is 29.2 Å². The first-order valence-corrected chi connectivity index (χ1v) is 7.80. The molecule has 22 heavy (non-hydrogen) atoms. The molecule has 1 aromatic carbocycles. The van der Waals surface area contributed by atoms with Gasteiger partial charge in [0.05, 0.1) is 13.2 Å². The summed E-state index contributed by atoms with van der Waals surface area (Å²) in [6.07, 6.45) is 3.39. The van der Waals surface area contributed by atoms with Crippen LogP contribution in [-0.2, 0) is 9.53 Å². The molecule has 5 nitrogen and oxygen atoms in total. The van der Waals surface area contributed by atoms with Gasteiger partial charge in [-0.3, -0.25) is 4.79 Å². The molecule has 1 aliphatic heterocycles. The molecule has 0 spiro atoms. The molecule has 2 fully saturated rings. The van der Waals surface area contributed by atoms with E-state index in [0.29, 0.717) is 18.6 Å². The molecular formula is C17H23NO4. The van der Waals surface area contributed by atoms with Crippen LogP contribution in [0.3, 0.4) is 0 Å². The predicted molar refractivity (Wildman–Crippen MR) is 82.1 cm³/mol. The molecule has 3 rings (SSSR count). The zero-order valence-corrected chi connectivity index (χ0v) is 13.2. The fourth-order valence-electron chi connectivity index (χ4n) is 3.77. The maximum Gasteiger partial charge on any atom is 0.249 e. The van der Waals surface area contributed by atoms with Gasteiger partial charge in [-0.25, -0.2) is 0 Å². The average molecular weight is 305 g/mol. The first kappa shape index (κ1) is 15.2. The number of likely N-dealkylation sites (tertiary alicyclic amines) is 1. The highest BCUT2D eigenvalue weighted by atomic mass is 16.5. The number of hydrogen-bond acceptors (Lipinski definition) is 4. The Morgan fingerprint density at radius 1 is 1.27 bits per heavy atom. The third-order valence-electron chi connectivity index (χ3n) is 4.76. The second kappa shape index (κ2) is 6.57. The molecule has 1 heterocycles. The van der Waals surface area contributed by atoms with Crippen molar-refractivity contribution in [1.29, 1.82) is 0 Å². The highest BCUT2D eigenvalue weighted by Crippen LogP contribution is 2.42. The van der Waals surface area contributed by atoms with E-state index < -0.39 is 0 Å². The largest absolute Gasteiger partial charge is 0.497 e. The van der Waals surface area contributed by atoms with Crippen LogP contribution in [0.5, 0.6) is 11.5 Å². The van der Waals surface area contributed by atoms with Crippen LogP contribution >= 0.6 is 0 Å². The Morgan fingerprint density at radius 3 is 2.86 bits per heavy atom. The van der Waals surface area contributed by atoms with Crippen LogP contribution in [0.1, 0.15) is 19.3 Å². The van der Waals surface area contributed by atoms with E-state index in [-0.39, 0.29) is 18.6 Å². The van der Waals surface area contributed by atoms with Crippen LogP contribution in [0.15, 0.2) is 24.3 Å². The lowest BCUT2D eigenvalue weighted by Gasteiger charge is -2.35. The third-order valence-corrected chi connectivity index (χ3v) is 4.76. The minimum absolute atomic E-state index is 0.0777. The molecule has 1 amide bonds.